The molecule has 38 heteroatoms. The van der Waals surface area contributed by atoms with Gasteiger partial charge in [0.25, 0.3) is 0 Å². The van der Waals surface area contributed by atoms with Gasteiger partial charge in [0.15, 0.2) is 24.8 Å². The highest BCUT2D eigenvalue weighted by Gasteiger charge is 2.54. The second-order valence-electron chi connectivity index (χ2n) is 33.9. The number of carbonyl (C=O) groups is 11. The summed E-state index contributed by atoms with van der Waals surface area (Å²) in [5, 5.41) is 42.4. The number of fused-ring (bicyclic) bond motifs is 4. The molecule has 4 aliphatic heterocycles. The molecule has 768 valence electrons. The number of phenolic OH excluding ortho intramolecular Hbond substituents is 1. The van der Waals surface area contributed by atoms with Crippen LogP contribution in [0.4, 0.5) is 0 Å². The normalized spacial score (nSPS) is 22.9. The first-order valence-electron chi connectivity index (χ1n) is 46.1. The first-order chi connectivity index (χ1) is 69.7. The zero-order chi connectivity index (χ0) is 104. The van der Waals surface area contributed by atoms with Crippen LogP contribution in [0.3, 0.4) is 0 Å². The van der Waals surface area contributed by atoms with Gasteiger partial charge in [-0.3, -0.25) is 33.3 Å². The van der Waals surface area contributed by atoms with Crippen LogP contribution in [0.2, 0.25) is 30.1 Å². The predicted molar refractivity (Wildman–Crippen MR) is 534 cm³/mol. The van der Waals surface area contributed by atoms with E-state index in [2.05, 4.69) is 9.05 Å². The number of hydrogen-bond acceptors (Lipinski definition) is 31. The van der Waals surface area contributed by atoms with E-state index in [0.717, 1.165) is 6.29 Å². The van der Waals surface area contributed by atoms with E-state index in [9.17, 15) is 72.6 Å². The highest BCUT2D eigenvalue weighted by atomic mass is 35.5. The second kappa shape index (κ2) is 56.9. The van der Waals surface area contributed by atoms with Crippen molar-refractivity contribution in [2.24, 2.45) is 47.3 Å². The molecule has 145 heavy (non-hydrogen) atoms. The average molecular weight is 2130 g/mol. The van der Waals surface area contributed by atoms with E-state index >= 15 is 0 Å². The van der Waals surface area contributed by atoms with Crippen molar-refractivity contribution in [2.45, 2.75) is 119 Å². The summed E-state index contributed by atoms with van der Waals surface area (Å²) < 4.78 is 90.5. The van der Waals surface area contributed by atoms with E-state index < -0.39 is 68.0 Å². The zero-order valence-corrected chi connectivity index (χ0v) is 84.0. The fraction of sp³-hybridized carbons (Fsp3) is 0.336. The average Bonchev–Trinajstić information content (AvgIpc) is 1.65. The van der Waals surface area contributed by atoms with Crippen molar-refractivity contribution in [3.05, 3.63) is 320 Å². The van der Waals surface area contributed by atoms with Crippen molar-refractivity contribution in [3.8, 4) is 34.5 Å². The van der Waals surface area contributed by atoms with Crippen LogP contribution in [0, 0.1) is 47.3 Å². The van der Waals surface area contributed by atoms with E-state index in [-0.39, 0.29) is 171 Å². The summed E-state index contributed by atoms with van der Waals surface area (Å²) in [5.74, 6) is -1.96. The molecule has 18 atom stereocenters. The molecule has 0 radical (unpaired) electrons. The topological polar surface area (TPSA) is 424 Å². The number of phenols is 1. The number of esters is 8. The first-order valence-corrected chi connectivity index (χ1v) is 50.1. The lowest BCUT2D eigenvalue weighted by molar-refractivity contribution is -0.145. The summed E-state index contributed by atoms with van der Waals surface area (Å²) >= 11 is 34.7. The Hall–Kier alpha value is -12.5. The number of rotatable bonds is 33. The number of ether oxygens (including phenoxy) is 13. The number of hydrogen-bond donors (Lipinski definition) is 4. The number of aliphatic hydroxyl groups excluding tert-OH is 3. The van der Waals surface area contributed by atoms with Gasteiger partial charge >= 0.3 is 55.4 Å². The SMILES string of the molecule is CCOC(=O)COc1cccc(Cl)c1.COP(=O)(CC(=O)COc1cccc(Cl)c1)OC.O=C(/C=C/[C@@H]1[C@H]2CC(=O)O[C@H]2C[C@H]1OC(=O)c1ccccc1)COc1cccc(Cl)c1.O=C1C[C@@H]2[C@@H](/C=C/[C@@H](O)COc3cccc(Cl)c3)[C@H](O)C[C@@H]2O1.O=C1C[C@@H]2[C@@H](/C=C/[C@@H](O)COc3cccc(Cl)c3)[C@H](OC(=O)c3ccccc3)C[C@@H]2O1.O=C[C@@H]1[C@H]2CC(=O)O[C@H]2C[C@H]1OC(=O)c1ccccc1.Oc1cccc(Cl)c1. The van der Waals surface area contributed by atoms with Crippen molar-refractivity contribution in [1.82, 2.24) is 0 Å². The Bertz CT molecular complexity index is 5970. The number of benzene rings is 9. The molecule has 9 aromatic carbocycles. The Kier molecular flexibility index (Phi) is 44.3. The van der Waals surface area contributed by atoms with Gasteiger partial charge in [-0.2, -0.15) is 0 Å². The van der Waals surface area contributed by atoms with Gasteiger partial charge < -0.3 is 95.8 Å². The van der Waals surface area contributed by atoms with Gasteiger partial charge in [0, 0.05) is 111 Å². The van der Waals surface area contributed by atoms with E-state index in [1.54, 1.807) is 244 Å². The summed E-state index contributed by atoms with van der Waals surface area (Å²) in [6.07, 6.45) is 8.41. The molecule has 8 fully saturated rings. The number of aliphatic hydroxyl groups is 3. The maximum atomic E-state index is 12.5. The maximum Gasteiger partial charge on any atom is 0.344 e. The van der Waals surface area contributed by atoms with Crippen molar-refractivity contribution in [1.29, 1.82) is 0 Å². The van der Waals surface area contributed by atoms with Gasteiger partial charge in [-0.15, -0.1) is 0 Å². The lowest BCUT2D eigenvalue weighted by Crippen LogP contribution is -2.27. The molecule has 4 aliphatic carbocycles. The van der Waals surface area contributed by atoms with Gasteiger partial charge in [0.1, 0.15) is 122 Å². The molecule has 9 aromatic rings. The highest BCUT2D eigenvalue weighted by molar-refractivity contribution is 7.54. The van der Waals surface area contributed by atoms with Crippen LogP contribution >= 0.6 is 77.2 Å². The van der Waals surface area contributed by atoms with Crippen molar-refractivity contribution in [2.75, 3.05) is 60.0 Å². The Morgan fingerprint density at radius 1 is 0.407 bits per heavy atom. The number of aromatic hydroxyl groups is 1. The minimum absolute atomic E-state index is 0.00482. The lowest BCUT2D eigenvalue weighted by atomic mass is 9.91. The molecule has 4 saturated heterocycles. The highest BCUT2D eigenvalue weighted by Crippen LogP contribution is 2.49. The molecular formula is C107H107Cl6O31P. The van der Waals surface area contributed by atoms with Crippen LogP contribution in [0.5, 0.6) is 34.5 Å². The predicted octanol–water partition coefficient (Wildman–Crippen LogP) is 18.2. The van der Waals surface area contributed by atoms with Crippen LogP contribution in [0.25, 0.3) is 0 Å². The monoisotopic (exact) mass is 2130 g/mol. The smallest absolute Gasteiger partial charge is 0.344 e. The number of carbonyl (C=O) groups excluding carboxylic acids is 11. The maximum absolute atomic E-state index is 12.5. The van der Waals surface area contributed by atoms with Crippen LogP contribution in [-0.2, 0) is 89.9 Å². The lowest BCUT2D eigenvalue weighted by Gasteiger charge is -2.20. The quantitative estimate of drug-likeness (QED) is 0.00741. The largest absolute Gasteiger partial charge is 0.508 e. The van der Waals surface area contributed by atoms with E-state index in [1.807, 2.05) is 24.3 Å². The summed E-state index contributed by atoms with van der Waals surface area (Å²) in [6.45, 7) is 1.78. The minimum atomic E-state index is -3.32. The van der Waals surface area contributed by atoms with Gasteiger partial charge in [0.2, 0.25) is 0 Å². The van der Waals surface area contributed by atoms with Crippen LogP contribution in [0.15, 0.2) is 273 Å². The summed E-state index contributed by atoms with van der Waals surface area (Å²) in [7, 11) is -0.861. The van der Waals surface area contributed by atoms with E-state index in [0.29, 0.717) is 114 Å². The molecule has 4 saturated carbocycles. The molecular weight excluding hydrogens is 2020 g/mol. The van der Waals surface area contributed by atoms with Crippen LogP contribution in [0.1, 0.15) is 89.4 Å². The third-order valence-corrected chi connectivity index (χ3v) is 27.1. The summed E-state index contributed by atoms with van der Waals surface area (Å²) in [4.78, 5) is 129. The molecule has 8 aliphatic rings. The number of halogens is 6. The molecule has 4 N–H and O–H groups in total. The third kappa shape index (κ3) is 36.0. The third-order valence-electron chi connectivity index (χ3n) is 23.8. The molecule has 31 nitrogen and oxygen atoms in total. The molecule has 17 rings (SSSR count). The summed E-state index contributed by atoms with van der Waals surface area (Å²) in [6, 6.07) is 66.7. The molecule has 0 bridgehead atoms. The Balaban J connectivity index is 0.000000166. The molecule has 4 heterocycles. The number of Topliss-reactive ketones (excluding diaryl/α,β-unsaturated/α-hetero) is 1. The van der Waals surface area contributed by atoms with Crippen molar-refractivity contribution >= 4 is 143 Å². The van der Waals surface area contributed by atoms with Crippen molar-refractivity contribution < 1.29 is 148 Å². The van der Waals surface area contributed by atoms with E-state index in [4.69, 9.17) is 136 Å². The number of aldehydes is 1. The Morgan fingerprint density at radius 2 is 0.731 bits per heavy atom. The van der Waals surface area contributed by atoms with Crippen molar-refractivity contribution in [3.63, 3.8) is 0 Å². The standard InChI is InChI=1S/C24H23ClO6.C24H21ClO6.C17H19ClO5.C15H14O5.C11H14ClO5P.C10H11ClO3.C6H5ClO/c2*25-16-7-4-8-18(11-16)29-14-17(26)9-10-19-20-12-23(27)30-22(20)13-21(19)31-24(28)15-5-2-1-3-6-15;18-10-2-1-3-12(6-10)22-9-11(19)4-5-13-14-7-17(21)23-16(14)8-15(13)20;16-8-11-10-6-14(17)19-12(10)7-13(11)20-15(18)9-4-2-1-3-5-9;1-15-18(14,16-2)8-10(13)7-17-11-5-3-4-9(12)6-11;1-2-13-10(12)7-14-9-5-3-4-8(11)6-9;7-5-2-1-3-6(8)4-5/h1-11,17,19-22,26H,12-14H2;1-11,19-22H,12-14H2;1-6,11,13-16,19-20H,7-9H2;1-5,8,10-13H,6-7H2;3-6H,7-8H2,1-2H3;3-6H,2,7H2,1H3;1-4,8H/b2*10-9+;5-4+;;;;/t17-,19-,20-,21-,22+;19-,20-,21-,22+;11-,13-,14-,15-,16+;10-,11-,12+,13-;;;/m1111.../s1. The second-order valence-corrected chi connectivity index (χ2v) is 38.8. The Morgan fingerprint density at radius 3 is 1.08 bits per heavy atom. The van der Waals surface area contributed by atoms with E-state index in [1.165, 1.54) is 26.4 Å². The van der Waals surface area contributed by atoms with Gasteiger partial charge in [-0.1, -0.05) is 191 Å². The van der Waals surface area contributed by atoms with Gasteiger partial charge in [0.05, 0.1) is 61.0 Å². The van der Waals surface area contributed by atoms with Gasteiger partial charge in [-0.25, -0.2) is 19.2 Å². The number of ketones is 2. The zero-order valence-electron chi connectivity index (χ0n) is 78.6. The molecule has 0 unspecified atom stereocenters. The first kappa shape index (κ1) is 113. The molecule has 0 spiro atoms. The molecule has 0 amide bonds. The molecule has 0 aromatic heterocycles. The van der Waals surface area contributed by atoms with Crippen LogP contribution in [-0.4, -0.2) is 207 Å². The minimum Gasteiger partial charge on any atom is -0.508 e. The Labute approximate surface area is 866 Å². The fourth-order valence-corrected chi connectivity index (χ4v) is 19.0. The van der Waals surface area contributed by atoms with Gasteiger partial charge in [-0.05, 0) is 159 Å². The fourth-order valence-electron chi connectivity index (χ4n) is 17.0. The summed E-state index contributed by atoms with van der Waals surface area (Å²) in [5.41, 5.74) is 1.37. The van der Waals surface area contributed by atoms with Crippen LogP contribution < -0.4 is 23.7 Å².